The van der Waals surface area contributed by atoms with Gasteiger partial charge in [-0.3, -0.25) is 0 Å². The van der Waals surface area contributed by atoms with Crippen LogP contribution < -0.4 is 0 Å². The van der Waals surface area contributed by atoms with Crippen molar-refractivity contribution in [2.45, 2.75) is 32.1 Å². The predicted molar refractivity (Wildman–Crippen MR) is 34.0 cm³/mol. The number of alkyl halides is 2. The van der Waals surface area contributed by atoms with E-state index in [1.54, 1.807) is 6.92 Å². The molecule has 1 N–H and O–H groups in total. The Kier molecular flexibility index (Phi) is 1.71. The van der Waals surface area contributed by atoms with Crippen LogP contribution in [0.1, 0.15) is 26.2 Å². The van der Waals surface area contributed by atoms with E-state index >= 15 is 0 Å². The summed E-state index contributed by atoms with van der Waals surface area (Å²) in [6, 6.07) is 0. The predicted octanol–water partition coefficient (Wildman–Crippen LogP) is 1.80. The Labute approximate surface area is 59.0 Å². The van der Waals surface area contributed by atoms with Gasteiger partial charge in [0.25, 0.3) is 5.92 Å². The van der Waals surface area contributed by atoms with Crippen molar-refractivity contribution < 1.29 is 13.9 Å². The third-order valence-corrected chi connectivity index (χ3v) is 2.26. The van der Waals surface area contributed by atoms with Crippen molar-refractivity contribution >= 4 is 0 Å². The van der Waals surface area contributed by atoms with Gasteiger partial charge in [-0.25, -0.2) is 8.78 Å². The molecule has 0 aliphatic heterocycles. The molecule has 1 rings (SSSR count). The van der Waals surface area contributed by atoms with Crippen molar-refractivity contribution in [2.75, 3.05) is 6.61 Å². The molecule has 0 aromatic heterocycles. The number of hydrogen-bond donors (Lipinski definition) is 1. The summed E-state index contributed by atoms with van der Waals surface area (Å²) in [6.07, 6.45) is 0.933. The maximum atomic E-state index is 12.4. The fraction of sp³-hybridized carbons (Fsp3) is 1.00. The second kappa shape index (κ2) is 2.16. The molecule has 0 bridgehead atoms. The first-order valence-corrected chi connectivity index (χ1v) is 3.50. The van der Waals surface area contributed by atoms with E-state index in [2.05, 4.69) is 0 Å². The molecule has 0 aromatic carbocycles. The van der Waals surface area contributed by atoms with Gasteiger partial charge < -0.3 is 5.11 Å². The summed E-state index contributed by atoms with van der Waals surface area (Å²) < 4.78 is 24.8. The molecular formula is C7H12F2O. The van der Waals surface area contributed by atoms with E-state index in [4.69, 9.17) is 5.11 Å². The zero-order chi connectivity index (χ0) is 7.83. The fourth-order valence-electron chi connectivity index (χ4n) is 1.19. The Bertz CT molecular complexity index is 136. The molecule has 1 aliphatic carbocycles. The lowest BCUT2D eigenvalue weighted by atomic mass is 10.0. The molecule has 1 unspecified atom stereocenters. The third-order valence-electron chi connectivity index (χ3n) is 2.26. The van der Waals surface area contributed by atoms with Crippen molar-refractivity contribution in [3.63, 3.8) is 0 Å². The Morgan fingerprint density at radius 2 is 2.00 bits per heavy atom. The van der Waals surface area contributed by atoms with Gasteiger partial charge in [0.2, 0.25) is 0 Å². The Morgan fingerprint density at radius 3 is 2.30 bits per heavy atom. The van der Waals surface area contributed by atoms with E-state index < -0.39 is 11.3 Å². The number of rotatable bonds is 3. The Balaban J connectivity index is 2.30. The third kappa shape index (κ3) is 1.15. The highest BCUT2D eigenvalue weighted by atomic mass is 19.3. The maximum Gasteiger partial charge on any atom is 0.254 e. The van der Waals surface area contributed by atoms with Crippen LogP contribution >= 0.6 is 0 Å². The van der Waals surface area contributed by atoms with Crippen LogP contribution in [0.5, 0.6) is 0 Å². The van der Waals surface area contributed by atoms with Gasteiger partial charge in [-0.05, 0) is 12.8 Å². The molecule has 0 radical (unpaired) electrons. The first-order chi connectivity index (χ1) is 4.52. The van der Waals surface area contributed by atoms with Gasteiger partial charge in [0.1, 0.15) is 0 Å². The summed E-state index contributed by atoms with van der Waals surface area (Å²) in [4.78, 5) is 0. The van der Waals surface area contributed by atoms with Crippen molar-refractivity contribution in [3.8, 4) is 0 Å². The molecule has 1 nitrogen and oxygen atoms in total. The second-order valence-corrected chi connectivity index (χ2v) is 3.27. The van der Waals surface area contributed by atoms with Crippen LogP contribution in [0.2, 0.25) is 0 Å². The summed E-state index contributed by atoms with van der Waals surface area (Å²) in [5.41, 5.74) is -0.796. The van der Waals surface area contributed by atoms with E-state index in [0.717, 1.165) is 0 Å². The molecule has 1 aliphatic rings. The summed E-state index contributed by atoms with van der Waals surface area (Å²) in [5.74, 6) is -2.46. The van der Waals surface area contributed by atoms with Crippen LogP contribution in [0.3, 0.4) is 0 Å². The van der Waals surface area contributed by atoms with E-state index in [0.29, 0.717) is 12.8 Å². The summed E-state index contributed by atoms with van der Waals surface area (Å²) in [5, 5.41) is 8.38. The smallest absolute Gasteiger partial charge is 0.254 e. The largest absolute Gasteiger partial charge is 0.396 e. The molecule has 0 spiro atoms. The Hall–Kier alpha value is -0.180. The van der Waals surface area contributed by atoms with Crippen molar-refractivity contribution in [1.82, 2.24) is 0 Å². The first kappa shape index (κ1) is 7.92. The zero-order valence-corrected chi connectivity index (χ0v) is 6.03. The molecule has 0 heterocycles. The minimum Gasteiger partial charge on any atom is -0.396 e. The van der Waals surface area contributed by atoms with Gasteiger partial charge in [0.15, 0.2) is 0 Å². The number of aliphatic hydroxyl groups excluding tert-OH is 1. The lowest BCUT2D eigenvalue weighted by Gasteiger charge is -2.06. The number of hydrogen-bond acceptors (Lipinski definition) is 1. The summed E-state index contributed by atoms with van der Waals surface area (Å²) >= 11 is 0. The average Bonchev–Trinajstić information content (AvgIpc) is 2.29. The van der Waals surface area contributed by atoms with Crippen LogP contribution in [0.4, 0.5) is 8.78 Å². The van der Waals surface area contributed by atoms with Crippen LogP contribution in [-0.2, 0) is 0 Å². The maximum absolute atomic E-state index is 12.4. The average molecular weight is 150 g/mol. The molecular weight excluding hydrogens is 138 g/mol. The molecule has 0 amide bonds. The van der Waals surface area contributed by atoms with E-state index in [-0.39, 0.29) is 13.0 Å². The standard InChI is InChI=1S/C7H12F2O/c1-6(3-2-4-10)5-7(6,8)9/h10H,2-5H2,1H3. The van der Waals surface area contributed by atoms with Crippen LogP contribution in [0.25, 0.3) is 0 Å². The van der Waals surface area contributed by atoms with E-state index in [9.17, 15) is 8.78 Å². The van der Waals surface area contributed by atoms with Gasteiger partial charge in [-0.1, -0.05) is 6.92 Å². The van der Waals surface area contributed by atoms with E-state index in [1.165, 1.54) is 0 Å². The van der Waals surface area contributed by atoms with Gasteiger partial charge in [0.05, 0.1) is 0 Å². The molecule has 0 saturated heterocycles. The molecule has 1 fully saturated rings. The first-order valence-electron chi connectivity index (χ1n) is 3.50. The number of aliphatic hydroxyl groups is 1. The van der Waals surface area contributed by atoms with Crippen molar-refractivity contribution in [2.24, 2.45) is 5.41 Å². The van der Waals surface area contributed by atoms with Crippen molar-refractivity contribution in [1.29, 1.82) is 0 Å². The highest BCUT2D eigenvalue weighted by molar-refractivity contribution is 5.06. The quantitative estimate of drug-likeness (QED) is 0.650. The molecule has 1 atom stereocenters. The number of halogens is 2. The molecule has 10 heavy (non-hydrogen) atoms. The van der Waals surface area contributed by atoms with Crippen LogP contribution in [0.15, 0.2) is 0 Å². The summed E-state index contributed by atoms with van der Waals surface area (Å²) in [7, 11) is 0. The van der Waals surface area contributed by atoms with Gasteiger partial charge in [-0.15, -0.1) is 0 Å². The molecule has 1 saturated carbocycles. The Morgan fingerprint density at radius 1 is 1.50 bits per heavy atom. The fourth-order valence-corrected chi connectivity index (χ4v) is 1.19. The van der Waals surface area contributed by atoms with E-state index in [1.807, 2.05) is 0 Å². The normalized spacial score (nSPS) is 36.0. The van der Waals surface area contributed by atoms with Gasteiger partial charge >= 0.3 is 0 Å². The minimum absolute atomic E-state index is 0. The highest BCUT2D eigenvalue weighted by Crippen LogP contribution is 2.62. The van der Waals surface area contributed by atoms with Crippen LogP contribution in [0, 0.1) is 5.41 Å². The lowest BCUT2D eigenvalue weighted by Crippen LogP contribution is -2.06. The molecule has 60 valence electrons. The second-order valence-electron chi connectivity index (χ2n) is 3.27. The molecule has 0 aromatic rings. The summed E-state index contributed by atoms with van der Waals surface area (Å²) in [6.45, 7) is 1.59. The van der Waals surface area contributed by atoms with Crippen molar-refractivity contribution in [3.05, 3.63) is 0 Å². The van der Waals surface area contributed by atoms with Gasteiger partial charge in [0, 0.05) is 18.4 Å². The lowest BCUT2D eigenvalue weighted by molar-refractivity contribution is 0.0643. The zero-order valence-electron chi connectivity index (χ0n) is 6.03. The minimum atomic E-state index is -2.46. The monoisotopic (exact) mass is 150 g/mol. The highest BCUT2D eigenvalue weighted by Gasteiger charge is 2.66. The molecule has 3 heteroatoms. The topological polar surface area (TPSA) is 20.2 Å². The SMILES string of the molecule is CC1(CCCO)CC1(F)F. The van der Waals surface area contributed by atoms with Gasteiger partial charge in [-0.2, -0.15) is 0 Å². The van der Waals surface area contributed by atoms with Crippen LogP contribution in [-0.4, -0.2) is 17.6 Å².